The first-order chi connectivity index (χ1) is 8.13. The number of rotatable bonds is 2. The van der Waals surface area contributed by atoms with Crippen molar-refractivity contribution in [3.63, 3.8) is 0 Å². The molecule has 0 atom stereocenters. The fourth-order valence-electron chi connectivity index (χ4n) is 1.52. The highest BCUT2D eigenvalue weighted by Gasteiger charge is 2.12. The lowest BCUT2D eigenvalue weighted by Gasteiger charge is -2.15. The smallest absolute Gasteiger partial charge is 0.251 e. The minimum Gasteiger partial charge on any atom is -0.296 e. The molecule has 0 aliphatic rings. The average molecular weight is 292 g/mol. The van der Waals surface area contributed by atoms with Gasteiger partial charge in [-0.25, -0.2) is 9.97 Å². The molecule has 2 rings (SSSR count). The number of anilines is 1. The predicted octanol–water partition coefficient (Wildman–Crippen LogP) is 2.54. The van der Waals surface area contributed by atoms with Crippen molar-refractivity contribution < 1.29 is 4.79 Å². The van der Waals surface area contributed by atoms with Gasteiger partial charge in [-0.3, -0.25) is 9.69 Å². The van der Waals surface area contributed by atoms with E-state index in [4.69, 9.17) is 0 Å². The minimum atomic E-state index is -0.204. The van der Waals surface area contributed by atoms with Gasteiger partial charge in [0.15, 0.2) is 0 Å². The van der Waals surface area contributed by atoms with Gasteiger partial charge in [-0.15, -0.1) is 0 Å². The van der Waals surface area contributed by atoms with Crippen molar-refractivity contribution in [2.45, 2.75) is 0 Å². The standard InChI is InChI=1S/C12H10BrN3O/c1-3-11(17)16(2)12-9-6-8(13)4-5-10(9)14-7-15-12/h3-7H,1H2,2H3. The van der Waals surface area contributed by atoms with Crippen LogP contribution >= 0.6 is 15.9 Å². The molecule has 1 aromatic carbocycles. The average Bonchev–Trinajstić information content (AvgIpc) is 2.36. The molecule has 0 saturated heterocycles. The molecule has 0 radical (unpaired) electrons. The highest BCUT2D eigenvalue weighted by Crippen LogP contribution is 2.25. The topological polar surface area (TPSA) is 46.1 Å². The molecular weight excluding hydrogens is 282 g/mol. The molecule has 86 valence electrons. The Balaban J connectivity index is 2.64. The van der Waals surface area contributed by atoms with Crippen LogP contribution in [0.15, 0.2) is 41.7 Å². The zero-order valence-corrected chi connectivity index (χ0v) is 10.8. The summed E-state index contributed by atoms with van der Waals surface area (Å²) in [7, 11) is 1.66. The zero-order valence-electron chi connectivity index (χ0n) is 9.22. The van der Waals surface area contributed by atoms with Gasteiger partial charge in [0.1, 0.15) is 12.1 Å². The molecule has 0 unspecified atom stereocenters. The third-order valence-electron chi connectivity index (χ3n) is 2.40. The summed E-state index contributed by atoms with van der Waals surface area (Å²) in [5.74, 6) is 0.367. The molecular formula is C12H10BrN3O. The van der Waals surface area contributed by atoms with Crippen molar-refractivity contribution in [3.05, 3.63) is 41.7 Å². The van der Waals surface area contributed by atoms with E-state index >= 15 is 0 Å². The maximum atomic E-state index is 11.6. The highest BCUT2D eigenvalue weighted by molar-refractivity contribution is 9.10. The van der Waals surface area contributed by atoms with E-state index in [0.717, 1.165) is 15.4 Å². The van der Waals surface area contributed by atoms with Gasteiger partial charge in [0.25, 0.3) is 5.91 Å². The van der Waals surface area contributed by atoms with Crippen molar-refractivity contribution in [3.8, 4) is 0 Å². The number of aromatic nitrogens is 2. The zero-order chi connectivity index (χ0) is 12.4. The van der Waals surface area contributed by atoms with Crippen molar-refractivity contribution in [1.82, 2.24) is 9.97 Å². The van der Waals surface area contributed by atoms with Crippen LogP contribution in [0.3, 0.4) is 0 Å². The predicted molar refractivity (Wildman–Crippen MR) is 70.8 cm³/mol. The molecule has 0 bridgehead atoms. The molecule has 0 aliphatic carbocycles. The maximum Gasteiger partial charge on any atom is 0.251 e. The van der Waals surface area contributed by atoms with Crippen LogP contribution < -0.4 is 4.90 Å². The van der Waals surface area contributed by atoms with Gasteiger partial charge >= 0.3 is 0 Å². The summed E-state index contributed by atoms with van der Waals surface area (Å²) in [5, 5.41) is 0.819. The summed E-state index contributed by atoms with van der Waals surface area (Å²) in [4.78, 5) is 21.3. The van der Waals surface area contributed by atoms with E-state index in [1.54, 1.807) is 7.05 Å². The highest BCUT2D eigenvalue weighted by atomic mass is 79.9. The number of hydrogen-bond donors (Lipinski definition) is 0. The Bertz CT molecular complexity index is 597. The molecule has 0 saturated carbocycles. The fourth-order valence-corrected chi connectivity index (χ4v) is 1.88. The number of carbonyl (C=O) groups is 1. The lowest BCUT2D eigenvalue weighted by atomic mass is 10.2. The normalized spacial score (nSPS) is 10.2. The maximum absolute atomic E-state index is 11.6. The van der Waals surface area contributed by atoms with Crippen molar-refractivity contribution in [2.24, 2.45) is 0 Å². The summed E-state index contributed by atoms with van der Waals surface area (Å²) in [5.41, 5.74) is 0.793. The molecule has 4 nitrogen and oxygen atoms in total. The monoisotopic (exact) mass is 291 g/mol. The Hall–Kier alpha value is -1.75. The first-order valence-electron chi connectivity index (χ1n) is 4.94. The van der Waals surface area contributed by atoms with Crippen LogP contribution in [-0.4, -0.2) is 22.9 Å². The minimum absolute atomic E-state index is 0.204. The van der Waals surface area contributed by atoms with Gasteiger partial charge in [-0.05, 0) is 24.3 Å². The second-order valence-corrected chi connectivity index (χ2v) is 4.38. The number of nitrogens with zero attached hydrogens (tertiary/aromatic N) is 3. The Morgan fingerprint density at radius 3 is 2.94 bits per heavy atom. The Labute approximate surface area is 107 Å². The lowest BCUT2D eigenvalue weighted by Crippen LogP contribution is -2.25. The van der Waals surface area contributed by atoms with Crippen LogP contribution in [0.25, 0.3) is 10.9 Å². The number of fused-ring (bicyclic) bond motifs is 1. The molecule has 1 amide bonds. The third-order valence-corrected chi connectivity index (χ3v) is 2.89. The van der Waals surface area contributed by atoms with E-state index in [2.05, 4.69) is 32.5 Å². The Morgan fingerprint density at radius 2 is 2.24 bits per heavy atom. The first kappa shape index (κ1) is 11.7. The number of likely N-dealkylation sites (N-methyl/N-ethyl adjacent to an activating group) is 1. The molecule has 0 spiro atoms. The number of amides is 1. The second-order valence-electron chi connectivity index (χ2n) is 3.46. The number of halogens is 1. The molecule has 2 aromatic rings. The molecule has 0 fully saturated rings. The van der Waals surface area contributed by atoms with Crippen LogP contribution in [0.4, 0.5) is 5.82 Å². The molecule has 5 heteroatoms. The molecule has 0 aliphatic heterocycles. The Morgan fingerprint density at radius 1 is 1.47 bits per heavy atom. The molecule has 1 heterocycles. The van der Waals surface area contributed by atoms with Gasteiger partial charge in [0.05, 0.1) is 5.52 Å². The summed E-state index contributed by atoms with van der Waals surface area (Å²) >= 11 is 3.39. The van der Waals surface area contributed by atoms with E-state index in [9.17, 15) is 4.79 Å². The number of carbonyl (C=O) groups excluding carboxylic acids is 1. The molecule has 1 aromatic heterocycles. The van der Waals surface area contributed by atoms with Crippen LogP contribution in [-0.2, 0) is 4.79 Å². The van der Waals surface area contributed by atoms with E-state index in [0.29, 0.717) is 5.82 Å². The quantitative estimate of drug-likeness (QED) is 0.799. The van der Waals surface area contributed by atoms with Gasteiger partial charge in [0, 0.05) is 16.9 Å². The summed E-state index contributed by atoms with van der Waals surface area (Å²) in [6.07, 6.45) is 2.70. The van der Waals surface area contributed by atoms with Gasteiger partial charge < -0.3 is 0 Å². The second kappa shape index (κ2) is 4.63. The van der Waals surface area contributed by atoms with Crippen molar-refractivity contribution in [1.29, 1.82) is 0 Å². The molecule has 17 heavy (non-hydrogen) atoms. The Kier molecular flexibility index (Phi) is 3.19. The van der Waals surface area contributed by atoms with Gasteiger partial charge in [-0.2, -0.15) is 0 Å². The van der Waals surface area contributed by atoms with Crippen LogP contribution in [0.5, 0.6) is 0 Å². The van der Waals surface area contributed by atoms with Crippen molar-refractivity contribution in [2.75, 3.05) is 11.9 Å². The van der Waals surface area contributed by atoms with E-state index in [-0.39, 0.29) is 5.91 Å². The summed E-state index contributed by atoms with van der Waals surface area (Å²) in [6.45, 7) is 3.46. The van der Waals surface area contributed by atoms with Gasteiger partial charge in [-0.1, -0.05) is 22.5 Å². The van der Waals surface area contributed by atoms with E-state index in [1.165, 1.54) is 17.3 Å². The SMILES string of the molecule is C=CC(=O)N(C)c1ncnc2ccc(Br)cc12. The van der Waals surface area contributed by atoms with Crippen LogP contribution in [0.1, 0.15) is 0 Å². The summed E-state index contributed by atoms with van der Waals surface area (Å²) < 4.78 is 0.917. The lowest BCUT2D eigenvalue weighted by molar-refractivity contribution is -0.113. The summed E-state index contributed by atoms with van der Waals surface area (Å²) in [6, 6.07) is 5.66. The third kappa shape index (κ3) is 2.19. The fraction of sp³-hybridized carbons (Fsp3) is 0.0833. The first-order valence-corrected chi connectivity index (χ1v) is 5.73. The largest absolute Gasteiger partial charge is 0.296 e. The molecule has 0 N–H and O–H groups in total. The van der Waals surface area contributed by atoms with Gasteiger partial charge in [0.2, 0.25) is 0 Å². The van der Waals surface area contributed by atoms with E-state index < -0.39 is 0 Å². The van der Waals surface area contributed by atoms with Crippen LogP contribution in [0.2, 0.25) is 0 Å². The van der Waals surface area contributed by atoms with Crippen LogP contribution in [0, 0.1) is 0 Å². The number of benzene rings is 1. The van der Waals surface area contributed by atoms with Crippen molar-refractivity contribution >= 4 is 38.6 Å². The number of hydrogen-bond acceptors (Lipinski definition) is 3. The van der Waals surface area contributed by atoms with E-state index in [1.807, 2.05) is 18.2 Å².